The summed E-state index contributed by atoms with van der Waals surface area (Å²) in [6.45, 7) is 14.1. The zero-order valence-corrected chi connectivity index (χ0v) is 19.2. The Balaban J connectivity index is 0.00000625. The van der Waals surface area contributed by atoms with Crippen LogP contribution in [-0.2, 0) is 4.74 Å². The molecule has 0 aromatic rings. The molecule has 0 radical (unpaired) electrons. The van der Waals surface area contributed by atoms with E-state index in [1.54, 1.807) is 0 Å². The maximum Gasteiger partial charge on any atom is 0.407 e. The van der Waals surface area contributed by atoms with Crippen molar-refractivity contribution in [2.24, 2.45) is 4.99 Å². The van der Waals surface area contributed by atoms with E-state index in [0.717, 1.165) is 25.5 Å². The number of alkyl carbamates (subject to hydrolysis) is 1. The second-order valence-corrected chi connectivity index (χ2v) is 7.37. The summed E-state index contributed by atoms with van der Waals surface area (Å²) < 4.78 is 5.20. The number of rotatable bonds is 9. The van der Waals surface area contributed by atoms with Crippen molar-refractivity contribution in [1.29, 1.82) is 0 Å². The molecule has 1 heterocycles. The Kier molecular flexibility index (Phi) is 13.9. The maximum atomic E-state index is 11.6. The molecule has 1 rings (SSSR count). The van der Waals surface area contributed by atoms with Crippen LogP contribution >= 0.6 is 24.0 Å². The van der Waals surface area contributed by atoms with E-state index in [1.165, 1.54) is 38.9 Å². The fourth-order valence-electron chi connectivity index (χ4n) is 2.65. The molecule has 3 N–H and O–H groups in total. The first-order valence-corrected chi connectivity index (χ1v) is 9.62. The summed E-state index contributed by atoms with van der Waals surface area (Å²) in [4.78, 5) is 18.7. The van der Waals surface area contributed by atoms with Crippen molar-refractivity contribution >= 4 is 36.0 Å². The Morgan fingerprint density at radius 1 is 1.08 bits per heavy atom. The Hall–Kier alpha value is -0.770. The van der Waals surface area contributed by atoms with E-state index < -0.39 is 11.7 Å². The van der Waals surface area contributed by atoms with Crippen LogP contribution in [0.5, 0.6) is 0 Å². The van der Waals surface area contributed by atoms with Gasteiger partial charge in [0.25, 0.3) is 0 Å². The van der Waals surface area contributed by atoms with E-state index in [1.807, 2.05) is 27.7 Å². The van der Waals surface area contributed by atoms with E-state index in [-0.39, 0.29) is 24.0 Å². The van der Waals surface area contributed by atoms with E-state index in [2.05, 4.69) is 25.8 Å². The Morgan fingerprint density at radius 2 is 1.73 bits per heavy atom. The monoisotopic (exact) mass is 483 g/mol. The van der Waals surface area contributed by atoms with Crippen LogP contribution < -0.4 is 16.0 Å². The van der Waals surface area contributed by atoms with Gasteiger partial charge in [0.15, 0.2) is 5.96 Å². The molecule has 1 aliphatic rings. The molecule has 0 bridgehead atoms. The molecule has 0 spiro atoms. The molecule has 0 aliphatic carbocycles. The largest absolute Gasteiger partial charge is 0.444 e. The van der Waals surface area contributed by atoms with E-state index in [0.29, 0.717) is 13.1 Å². The van der Waals surface area contributed by atoms with Gasteiger partial charge in [-0.1, -0.05) is 0 Å². The van der Waals surface area contributed by atoms with Crippen molar-refractivity contribution in [2.45, 2.75) is 59.0 Å². The molecular formula is C18H38IN5O2. The molecule has 1 fully saturated rings. The number of carbonyl (C=O) groups excluding carboxylic acids is 1. The van der Waals surface area contributed by atoms with Gasteiger partial charge < -0.3 is 25.6 Å². The number of guanidine groups is 1. The highest BCUT2D eigenvalue weighted by Crippen LogP contribution is 2.08. The Labute approximate surface area is 176 Å². The first kappa shape index (κ1) is 25.2. The Bertz CT molecular complexity index is 407. The van der Waals surface area contributed by atoms with Crippen molar-refractivity contribution < 1.29 is 9.53 Å². The van der Waals surface area contributed by atoms with Gasteiger partial charge in [-0.3, -0.25) is 4.99 Å². The first-order chi connectivity index (χ1) is 11.9. The second-order valence-electron chi connectivity index (χ2n) is 7.37. The summed E-state index contributed by atoms with van der Waals surface area (Å²) >= 11 is 0. The van der Waals surface area contributed by atoms with Gasteiger partial charge in [0.1, 0.15) is 5.60 Å². The highest BCUT2D eigenvalue weighted by atomic mass is 127. The van der Waals surface area contributed by atoms with E-state index in [9.17, 15) is 4.79 Å². The average molecular weight is 483 g/mol. The summed E-state index contributed by atoms with van der Waals surface area (Å²) in [7, 11) is 0. The number of hydrogen-bond donors (Lipinski definition) is 3. The number of aliphatic imine (C=N–C) groups is 1. The molecule has 1 aliphatic heterocycles. The van der Waals surface area contributed by atoms with Crippen LogP contribution in [0.3, 0.4) is 0 Å². The third-order valence-corrected chi connectivity index (χ3v) is 3.78. The van der Waals surface area contributed by atoms with Crippen LogP contribution in [0.2, 0.25) is 0 Å². The predicted molar refractivity (Wildman–Crippen MR) is 119 cm³/mol. The molecule has 7 nitrogen and oxygen atoms in total. The zero-order valence-electron chi connectivity index (χ0n) is 16.9. The molecule has 8 heteroatoms. The lowest BCUT2D eigenvalue weighted by Crippen LogP contribution is -2.42. The lowest BCUT2D eigenvalue weighted by molar-refractivity contribution is 0.0529. The minimum Gasteiger partial charge on any atom is -0.444 e. The summed E-state index contributed by atoms with van der Waals surface area (Å²) in [5.41, 5.74) is -0.469. The lowest BCUT2D eigenvalue weighted by atomic mass is 10.2. The molecular weight excluding hydrogens is 445 g/mol. The van der Waals surface area contributed by atoms with Gasteiger partial charge in [-0.05, 0) is 73.0 Å². The standard InChI is InChI=1S/C18H37N5O2.HI/c1-5-19-16(20-10-6-7-13-23-14-8-9-15-23)21-11-12-22-17(24)25-18(2,3)4;/h5-15H2,1-4H3,(H,22,24)(H2,19,20,21);1H. The smallest absolute Gasteiger partial charge is 0.407 e. The van der Waals surface area contributed by atoms with Crippen molar-refractivity contribution in [3.05, 3.63) is 0 Å². The number of amides is 1. The number of nitrogens with zero attached hydrogens (tertiary/aromatic N) is 2. The number of likely N-dealkylation sites (tertiary alicyclic amines) is 1. The minimum atomic E-state index is -0.469. The molecule has 0 aromatic heterocycles. The first-order valence-electron chi connectivity index (χ1n) is 9.62. The summed E-state index contributed by atoms with van der Waals surface area (Å²) in [5.74, 6) is 0.801. The van der Waals surface area contributed by atoms with Gasteiger partial charge in [-0.25, -0.2) is 4.79 Å². The van der Waals surface area contributed by atoms with Crippen LogP contribution in [0.4, 0.5) is 4.79 Å². The third-order valence-electron chi connectivity index (χ3n) is 3.78. The van der Waals surface area contributed by atoms with Crippen LogP contribution in [0.15, 0.2) is 4.99 Å². The molecule has 0 atom stereocenters. The van der Waals surface area contributed by atoms with Gasteiger partial charge in [0, 0.05) is 26.2 Å². The summed E-state index contributed by atoms with van der Waals surface area (Å²) in [5, 5.41) is 9.19. The molecule has 1 amide bonds. The topological polar surface area (TPSA) is 78.0 Å². The van der Waals surface area contributed by atoms with Gasteiger partial charge in [0.2, 0.25) is 0 Å². The van der Waals surface area contributed by atoms with Crippen LogP contribution in [0, 0.1) is 0 Å². The average Bonchev–Trinajstić information content (AvgIpc) is 3.02. The molecule has 0 saturated carbocycles. The van der Waals surface area contributed by atoms with Crippen molar-refractivity contribution in [1.82, 2.24) is 20.9 Å². The number of unbranched alkanes of at least 4 members (excludes halogenated alkanes) is 1. The maximum absolute atomic E-state index is 11.6. The van der Waals surface area contributed by atoms with Gasteiger partial charge in [-0.15, -0.1) is 24.0 Å². The van der Waals surface area contributed by atoms with E-state index >= 15 is 0 Å². The molecule has 0 unspecified atom stereocenters. The van der Waals surface area contributed by atoms with Crippen molar-refractivity contribution in [3.8, 4) is 0 Å². The third kappa shape index (κ3) is 13.4. The van der Waals surface area contributed by atoms with Gasteiger partial charge >= 0.3 is 6.09 Å². The van der Waals surface area contributed by atoms with Crippen molar-refractivity contribution in [2.75, 3.05) is 45.8 Å². The number of hydrogen-bond acceptors (Lipinski definition) is 4. The van der Waals surface area contributed by atoms with Crippen LogP contribution in [0.1, 0.15) is 53.4 Å². The number of carbonyl (C=O) groups is 1. The molecule has 1 saturated heterocycles. The van der Waals surface area contributed by atoms with E-state index in [4.69, 9.17) is 4.74 Å². The van der Waals surface area contributed by atoms with Crippen LogP contribution in [-0.4, -0.2) is 68.4 Å². The highest BCUT2D eigenvalue weighted by Gasteiger charge is 2.15. The summed E-state index contributed by atoms with van der Waals surface area (Å²) in [6.07, 6.45) is 4.61. The quantitative estimate of drug-likeness (QED) is 0.203. The SMILES string of the molecule is CCNC(=NCCCCN1CCCC1)NCCNC(=O)OC(C)(C)C.I. The Morgan fingerprint density at radius 3 is 2.35 bits per heavy atom. The van der Waals surface area contributed by atoms with Crippen LogP contribution in [0.25, 0.3) is 0 Å². The second kappa shape index (κ2) is 14.3. The molecule has 0 aromatic carbocycles. The molecule has 26 heavy (non-hydrogen) atoms. The summed E-state index contributed by atoms with van der Waals surface area (Å²) in [6, 6.07) is 0. The highest BCUT2D eigenvalue weighted by molar-refractivity contribution is 14.0. The number of halogens is 1. The minimum absolute atomic E-state index is 0. The van der Waals surface area contributed by atoms with Crippen molar-refractivity contribution in [3.63, 3.8) is 0 Å². The fraction of sp³-hybridized carbons (Fsp3) is 0.889. The lowest BCUT2D eigenvalue weighted by Gasteiger charge is -2.20. The number of nitrogens with one attached hydrogen (secondary N) is 3. The fourth-order valence-corrected chi connectivity index (χ4v) is 2.65. The van der Waals surface area contributed by atoms with Gasteiger partial charge in [0.05, 0.1) is 0 Å². The zero-order chi connectivity index (χ0) is 18.5. The van der Waals surface area contributed by atoms with Gasteiger partial charge in [-0.2, -0.15) is 0 Å². The molecule has 154 valence electrons. The normalized spacial score (nSPS) is 15.3. The predicted octanol–water partition coefficient (Wildman–Crippen LogP) is 2.56. The number of ether oxygens (including phenoxy) is 1.